The van der Waals surface area contributed by atoms with E-state index in [-0.39, 0.29) is 34.0 Å². The Morgan fingerprint density at radius 1 is 0.342 bits per heavy atom. The summed E-state index contributed by atoms with van der Waals surface area (Å²) < 4.78 is 0. The van der Waals surface area contributed by atoms with Gasteiger partial charge in [-0.2, -0.15) is 0 Å². The van der Waals surface area contributed by atoms with Crippen LogP contribution in [-0.4, -0.2) is 24.6 Å². The molecule has 0 N–H and O–H groups in total. The molecule has 1 aliphatic heterocycles. The van der Waals surface area contributed by atoms with Crippen molar-refractivity contribution < 1.29 is 34.0 Å². The number of benzene rings is 4. The second kappa shape index (κ2) is 15.5. The van der Waals surface area contributed by atoms with E-state index in [1.165, 1.54) is 62.1 Å². The maximum atomic E-state index is 2.37. The van der Waals surface area contributed by atoms with E-state index >= 15 is 0 Å². The van der Waals surface area contributed by atoms with E-state index in [9.17, 15) is 0 Å². The van der Waals surface area contributed by atoms with Crippen LogP contribution in [0.25, 0.3) is 0 Å². The molecule has 38 heavy (non-hydrogen) atoms. The largest absolute Gasteiger partial charge is 1.00 e. The van der Waals surface area contributed by atoms with Gasteiger partial charge in [0.15, 0.2) is 0 Å². The van der Waals surface area contributed by atoms with E-state index < -0.39 is 14.5 Å². The topological polar surface area (TPSA) is 0 Å². The van der Waals surface area contributed by atoms with Gasteiger partial charge in [-0.1, -0.05) is 121 Å². The summed E-state index contributed by atoms with van der Waals surface area (Å²) in [5.41, 5.74) is 6.21. The highest BCUT2D eigenvalue weighted by molar-refractivity contribution is 7.76. The van der Waals surface area contributed by atoms with E-state index in [1.54, 1.807) is 22.3 Å². The highest BCUT2D eigenvalue weighted by Gasteiger charge is 2.45. The molecule has 0 aliphatic carbocycles. The van der Waals surface area contributed by atoms with Crippen LogP contribution < -0.4 is 34.0 Å². The molecule has 4 aromatic rings. The van der Waals surface area contributed by atoms with Crippen molar-refractivity contribution in [1.29, 1.82) is 0 Å². The van der Waals surface area contributed by atoms with Gasteiger partial charge in [0.05, 0.1) is 49.3 Å². The van der Waals surface area contributed by atoms with Crippen molar-refractivity contribution in [1.82, 2.24) is 0 Å². The van der Waals surface area contributed by atoms with E-state index in [1.807, 2.05) is 0 Å². The SMILES string of the molecule is [Br-].[Br-].c1ccc(C[P+]2(Cc3ccccc3)CCC[P+](Cc3ccccc3)(Cc3ccccc3)CCC2)cc1. The molecule has 0 aromatic heterocycles. The lowest BCUT2D eigenvalue weighted by molar-refractivity contribution is -0.001000. The molecule has 1 aliphatic rings. The lowest BCUT2D eigenvalue weighted by Crippen LogP contribution is -3.00. The van der Waals surface area contributed by atoms with Crippen LogP contribution in [0.3, 0.4) is 0 Å². The Balaban J connectivity index is 0.00000200. The fraction of sp³-hybridized carbons (Fsp3) is 0.294. The Kier molecular flexibility index (Phi) is 12.7. The van der Waals surface area contributed by atoms with E-state index in [0.717, 1.165) is 0 Å². The molecule has 1 fully saturated rings. The summed E-state index contributed by atoms with van der Waals surface area (Å²) in [4.78, 5) is 0. The van der Waals surface area contributed by atoms with Crippen LogP contribution in [-0.2, 0) is 24.6 Å². The zero-order valence-corrected chi connectivity index (χ0v) is 27.2. The van der Waals surface area contributed by atoms with Gasteiger partial charge in [0, 0.05) is 27.4 Å². The minimum Gasteiger partial charge on any atom is -1.00 e. The molecule has 0 bridgehead atoms. The Bertz CT molecular complexity index is 992. The first kappa shape index (κ1) is 31.2. The molecule has 0 radical (unpaired) electrons. The van der Waals surface area contributed by atoms with Gasteiger partial charge in [-0.05, 0) is 22.3 Å². The Labute approximate surface area is 252 Å². The standard InChI is InChI=1S/C34H40P2.2BrH/c1-5-15-31(16-6-1)27-35(28-32-17-7-2-8-18-32)23-13-25-36(26-14-24-35,29-33-19-9-3-10-20-33)30-34-21-11-4-12-22-34;;/h1-12,15-22H,13-14,23-30H2;2*1H/q+2;;/p-2. The number of hydrogen-bond acceptors (Lipinski definition) is 0. The van der Waals surface area contributed by atoms with Crippen LogP contribution in [0.1, 0.15) is 35.1 Å². The van der Waals surface area contributed by atoms with Crippen molar-refractivity contribution >= 4 is 14.5 Å². The Hall–Kier alpha value is -1.30. The summed E-state index contributed by atoms with van der Waals surface area (Å²) in [7, 11) is -2.22. The van der Waals surface area contributed by atoms with Crippen molar-refractivity contribution in [2.45, 2.75) is 37.5 Å². The number of hydrogen-bond donors (Lipinski definition) is 0. The van der Waals surface area contributed by atoms with E-state index in [4.69, 9.17) is 0 Å². The summed E-state index contributed by atoms with van der Waals surface area (Å²) >= 11 is 0. The summed E-state index contributed by atoms with van der Waals surface area (Å²) in [5.74, 6) is 0. The van der Waals surface area contributed by atoms with Crippen LogP contribution in [0.2, 0.25) is 0 Å². The monoisotopic (exact) mass is 668 g/mol. The minimum absolute atomic E-state index is 0. The van der Waals surface area contributed by atoms with Crippen LogP contribution in [0.15, 0.2) is 121 Å². The molecule has 0 atom stereocenters. The second-order valence-corrected chi connectivity index (χ2v) is 19.3. The van der Waals surface area contributed by atoms with Gasteiger partial charge in [0.25, 0.3) is 0 Å². The third-order valence-corrected chi connectivity index (χ3v) is 17.2. The van der Waals surface area contributed by atoms with Gasteiger partial charge in [-0.25, -0.2) is 0 Å². The molecule has 1 heterocycles. The first-order chi connectivity index (χ1) is 17.7. The smallest absolute Gasteiger partial charge is 0.0846 e. The molecule has 5 rings (SSSR count). The normalized spacial score (nSPS) is 16.2. The van der Waals surface area contributed by atoms with Crippen molar-refractivity contribution in [2.24, 2.45) is 0 Å². The molecule has 0 spiro atoms. The first-order valence-corrected chi connectivity index (χ1v) is 18.6. The zero-order chi connectivity index (χ0) is 24.5. The molecule has 200 valence electrons. The van der Waals surface area contributed by atoms with Gasteiger partial charge in [0.1, 0.15) is 0 Å². The third kappa shape index (κ3) is 8.86. The second-order valence-electron chi connectivity index (χ2n) is 10.9. The van der Waals surface area contributed by atoms with Crippen molar-refractivity contribution in [3.63, 3.8) is 0 Å². The van der Waals surface area contributed by atoms with Crippen LogP contribution >= 0.6 is 14.5 Å². The van der Waals surface area contributed by atoms with Crippen LogP contribution in [0, 0.1) is 0 Å². The van der Waals surface area contributed by atoms with Gasteiger partial charge < -0.3 is 34.0 Å². The molecular formula is C34H40Br2P2. The molecular weight excluding hydrogens is 630 g/mol. The first-order valence-electron chi connectivity index (χ1n) is 13.6. The lowest BCUT2D eigenvalue weighted by Gasteiger charge is -2.35. The maximum Gasteiger partial charge on any atom is 0.0846 e. The lowest BCUT2D eigenvalue weighted by atomic mass is 10.2. The molecule has 1 saturated heterocycles. The van der Waals surface area contributed by atoms with Crippen molar-refractivity contribution in [3.8, 4) is 0 Å². The fourth-order valence-electron chi connectivity index (χ4n) is 6.33. The molecule has 0 unspecified atom stereocenters. The highest BCUT2D eigenvalue weighted by atomic mass is 79.9. The predicted molar refractivity (Wildman–Crippen MR) is 163 cm³/mol. The molecule has 4 heteroatoms. The fourth-order valence-corrected chi connectivity index (χ4v) is 16.0. The number of halogens is 2. The average molecular weight is 670 g/mol. The summed E-state index contributed by atoms with van der Waals surface area (Å²) in [6, 6.07) is 45.4. The Morgan fingerprint density at radius 2 is 0.553 bits per heavy atom. The third-order valence-electron chi connectivity index (χ3n) is 7.97. The quantitative estimate of drug-likeness (QED) is 0.252. The highest BCUT2D eigenvalue weighted by Crippen LogP contribution is 2.71. The van der Waals surface area contributed by atoms with Crippen LogP contribution in [0.4, 0.5) is 0 Å². The predicted octanol–water partition coefficient (Wildman–Crippen LogP) is 3.62. The van der Waals surface area contributed by atoms with Gasteiger partial charge in [-0.15, -0.1) is 0 Å². The molecule has 4 aromatic carbocycles. The summed E-state index contributed by atoms with van der Waals surface area (Å²) in [6.07, 6.45) is 13.8. The maximum absolute atomic E-state index is 2.37. The van der Waals surface area contributed by atoms with Gasteiger partial charge in [-0.3, -0.25) is 0 Å². The summed E-state index contributed by atoms with van der Waals surface area (Å²) in [5, 5.41) is 0. The molecule has 0 saturated carbocycles. The Morgan fingerprint density at radius 3 is 0.763 bits per heavy atom. The van der Waals surface area contributed by atoms with Gasteiger partial charge >= 0.3 is 0 Å². The van der Waals surface area contributed by atoms with E-state index in [0.29, 0.717) is 0 Å². The van der Waals surface area contributed by atoms with Crippen LogP contribution in [0.5, 0.6) is 0 Å². The summed E-state index contributed by atoms with van der Waals surface area (Å²) in [6.45, 7) is 0. The molecule has 0 amide bonds. The minimum atomic E-state index is -1.11. The molecule has 0 nitrogen and oxygen atoms in total. The number of rotatable bonds is 8. The van der Waals surface area contributed by atoms with Gasteiger partial charge in [0.2, 0.25) is 0 Å². The van der Waals surface area contributed by atoms with Crippen molar-refractivity contribution in [3.05, 3.63) is 144 Å². The average Bonchev–Trinajstić information content (AvgIpc) is 2.90. The zero-order valence-electron chi connectivity index (χ0n) is 22.3. The van der Waals surface area contributed by atoms with Crippen molar-refractivity contribution in [2.75, 3.05) is 24.6 Å². The van der Waals surface area contributed by atoms with E-state index in [2.05, 4.69) is 121 Å².